The van der Waals surface area contributed by atoms with Crippen molar-refractivity contribution in [3.05, 3.63) is 29.8 Å². The van der Waals surface area contributed by atoms with Crippen LogP contribution in [0.4, 0.5) is 13.2 Å². The third kappa shape index (κ3) is 4.12. The lowest BCUT2D eigenvalue weighted by molar-refractivity contribution is -0.274. The fourth-order valence-corrected chi connectivity index (χ4v) is 2.19. The molecule has 0 radical (unpaired) electrons. The highest BCUT2D eigenvalue weighted by molar-refractivity contribution is 5.94. The van der Waals surface area contributed by atoms with Gasteiger partial charge in [0.1, 0.15) is 5.75 Å². The van der Waals surface area contributed by atoms with Crippen molar-refractivity contribution in [2.75, 3.05) is 13.1 Å². The quantitative estimate of drug-likeness (QED) is 0.843. The van der Waals surface area contributed by atoms with Crippen molar-refractivity contribution in [1.29, 1.82) is 5.26 Å². The molecule has 21 heavy (non-hydrogen) atoms. The van der Waals surface area contributed by atoms with E-state index in [0.29, 0.717) is 31.5 Å². The van der Waals surface area contributed by atoms with Crippen LogP contribution in [0.15, 0.2) is 24.3 Å². The molecule has 0 aromatic heterocycles. The standard InChI is InChI=1S/C14H13F3N2O2/c15-14(16,17)21-12-3-1-11(2-4-12)13(20)19-7-5-10(9-18)6-8-19/h1-4,10H,5-8H2. The maximum atomic E-state index is 12.2. The van der Waals surface area contributed by atoms with Gasteiger partial charge >= 0.3 is 6.36 Å². The maximum absolute atomic E-state index is 12.2. The monoisotopic (exact) mass is 298 g/mol. The molecule has 0 unspecified atom stereocenters. The molecule has 1 aromatic carbocycles. The fourth-order valence-electron chi connectivity index (χ4n) is 2.19. The van der Waals surface area contributed by atoms with Crippen LogP contribution in [-0.2, 0) is 0 Å². The molecule has 0 atom stereocenters. The fraction of sp³-hybridized carbons (Fsp3) is 0.429. The first-order chi connectivity index (χ1) is 9.89. The zero-order valence-corrected chi connectivity index (χ0v) is 11.1. The van der Waals surface area contributed by atoms with Crippen molar-refractivity contribution in [3.8, 4) is 11.8 Å². The third-order valence-corrected chi connectivity index (χ3v) is 3.30. The number of likely N-dealkylation sites (tertiary alicyclic amines) is 1. The van der Waals surface area contributed by atoms with E-state index in [4.69, 9.17) is 5.26 Å². The molecule has 0 N–H and O–H groups in total. The number of hydrogen-bond donors (Lipinski definition) is 0. The summed E-state index contributed by atoms with van der Waals surface area (Å²) >= 11 is 0. The van der Waals surface area contributed by atoms with E-state index in [-0.39, 0.29) is 17.6 Å². The second-order valence-corrected chi connectivity index (χ2v) is 4.77. The van der Waals surface area contributed by atoms with E-state index >= 15 is 0 Å². The average molecular weight is 298 g/mol. The number of ether oxygens (including phenoxy) is 1. The van der Waals surface area contributed by atoms with Crippen molar-refractivity contribution in [2.45, 2.75) is 19.2 Å². The first-order valence-electron chi connectivity index (χ1n) is 6.44. The smallest absolute Gasteiger partial charge is 0.406 e. The second kappa shape index (κ2) is 6.04. The van der Waals surface area contributed by atoms with Gasteiger partial charge in [0.2, 0.25) is 0 Å². The molecule has 0 bridgehead atoms. The van der Waals surface area contributed by atoms with Crippen molar-refractivity contribution in [2.24, 2.45) is 5.92 Å². The molecule has 0 aliphatic carbocycles. The minimum absolute atomic E-state index is 0.0309. The van der Waals surface area contributed by atoms with E-state index in [1.165, 1.54) is 12.1 Å². The van der Waals surface area contributed by atoms with Crippen molar-refractivity contribution in [3.63, 3.8) is 0 Å². The summed E-state index contributed by atoms with van der Waals surface area (Å²) in [5.41, 5.74) is 0.305. The molecular formula is C14H13F3N2O2. The molecule has 1 fully saturated rings. The summed E-state index contributed by atoms with van der Waals surface area (Å²) in [5, 5.41) is 8.80. The normalized spacial score (nSPS) is 16.4. The highest BCUT2D eigenvalue weighted by atomic mass is 19.4. The topological polar surface area (TPSA) is 53.3 Å². The summed E-state index contributed by atoms with van der Waals surface area (Å²) in [5.74, 6) is -0.635. The number of amides is 1. The van der Waals surface area contributed by atoms with E-state index in [2.05, 4.69) is 10.8 Å². The number of nitriles is 1. The molecule has 1 amide bonds. The molecule has 7 heteroatoms. The second-order valence-electron chi connectivity index (χ2n) is 4.77. The van der Waals surface area contributed by atoms with Gasteiger partial charge in [-0.25, -0.2) is 0 Å². The van der Waals surface area contributed by atoms with E-state index in [1.54, 1.807) is 4.90 Å². The van der Waals surface area contributed by atoms with Crippen LogP contribution >= 0.6 is 0 Å². The Balaban J connectivity index is 1.99. The number of alkyl halides is 3. The zero-order chi connectivity index (χ0) is 15.5. The van der Waals surface area contributed by atoms with Crippen molar-refractivity contribution < 1.29 is 22.7 Å². The number of piperidine rings is 1. The Morgan fingerprint density at radius 3 is 2.29 bits per heavy atom. The number of hydrogen-bond acceptors (Lipinski definition) is 3. The first-order valence-corrected chi connectivity index (χ1v) is 6.44. The Labute approximate surface area is 119 Å². The first kappa shape index (κ1) is 15.2. The van der Waals surface area contributed by atoms with Crippen LogP contribution in [0.1, 0.15) is 23.2 Å². The van der Waals surface area contributed by atoms with Crippen LogP contribution in [0.3, 0.4) is 0 Å². The van der Waals surface area contributed by atoms with Crippen LogP contribution in [0.25, 0.3) is 0 Å². The van der Waals surface area contributed by atoms with Crippen LogP contribution in [0.2, 0.25) is 0 Å². The lowest BCUT2D eigenvalue weighted by atomic mass is 9.98. The van der Waals surface area contributed by atoms with Crippen LogP contribution < -0.4 is 4.74 Å². The Kier molecular flexibility index (Phi) is 4.36. The minimum atomic E-state index is -4.75. The van der Waals surface area contributed by atoms with Crippen molar-refractivity contribution in [1.82, 2.24) is 4.90 Å². The summed E-state index contributed by atoms with van der Waals surface area (Å²) in [4.78, 5) is 13.8. The Hall–Kier alpha value is -2.23. The largest absolute Gasteiger partial charge is 0.573 e. The lowest BCUT2D eigenvalue weighted by Gasteiger charge is -2.29. The zero-order valence-electron chi connectivity index (χ0n) is 11.1. The van der Waals surface area contributed by atoms with Crippen LogP contribution in [-0.4, -0.2) is 30.3 Å². The van der Waals surface area contributed by atoms with E-state index < -0.39 is 6.36 Å². The number of carbonyl (C=O) groups excluding carboxylic acids is 1. The van der Waals surface area contributed by atoms with Crippen molar-refractivity contribution >= 4 is 5.91 Å². The average Bonchev–Trinajstić information content (AvgIpc) is 2.46. The summed E-state index contributed by atoms with van der Waals surface area (Å²) in [6, 6.07) is 7.01. The number of benzene rings is 1. The molecule has 1 saturated heterocycles. The molecular weight excluding hydrogens is 285 g/mol. The van der Waals surface area contributed by atoms with Crippen LogP contribution in [0, 0.1) is 17.2 Å². The highest BCUT2D eigenvalue weighted by Crippen LogP contribution is 2.24. The summed E-state index contributed by atoms with van der Waals surface area (Å²) in [7, 11) is 0. The van der Waals surface area contributed by atoms with Gasteiger partial charge in [0, 0.05) is 24.6 Å². The van der Waals surface area contributed by atoms with Gasteiger partial charge in [0.15, 0.2) is 0 Å². The molecule has 1 heterocycles. The van der Waals surface area contributed by atoms with Crippen LogP contribution in [0.5, 0.6) is 5.75 Å². The minimum Gasteiger partial charge on any atom is -0.406 e. The Morgan fingerprint density at radius 1 is 1.24 bits per heavy atom. The van der Waals surface area contributed by atoms with Gasteiger partial charge in [0.25, 0.3) is 5.91 Å². The summed E-state index contributed by atoms with van der Waals surface area (Å²) in [6.45, 7) is 0.968. The van der Waals surface area contributed by atoms with E-state index in [1.807, 2.05) is 0 Å². The number of halogens is 3. The maximum Gasteiger partial charge on any atom is 0.573 e. The summed E-state index contributed by atoms with van der Waals surface area (Å²) < 4.78 is 39.9. The predicted octanol–water partition coefficient (Wildman–Crippen LogP) is 2.96. The predicted molar refractivity (Wildman–Crippen MR) is 67.4 cm³/mol. The number of carbonyl (C=O) groups is 1. The number of rotatable bonds is 2. The van der Waals surface area contributed by atoms with E-state index in [0.717, 1.165) is 12.1 Å². The molecule has 1 aliphatic heterocycles. The molecule has 112 valence electrons. The molecule has 2 rings (SSSR count). The summed E-state index contributed by atoms with van der Waals surface area (Å²) in [6.07, 6.45) is -3.50. The van der Waals surface area contributed by atoms with Gasteiger partial charge in [-0.3, -0.25) is 4.79 Å². The highest BCUT2D eigenvalue weighted by Gasteiger charge is 2.31. The van der Waals surface area contributed by atoms with Gasteiger partial charge in [0.05, 0.1) is 6.07 Å². The molecule has 4 nitrogen and oxygen atoms in total. The molecule has 0 spiro atoms. The van der Waals surface area contributed by atoms with Gasteiger partial charge < -0.3 is 9.64 Å². The van der Waals surface area contributed by atoms with Gasteiger partial charge in [-0.2, -0.15) is 5.26 Å². The Bertz CT molecular complexity index is 541. The van der Waals surface area contributed by atoms with Gasteiger partial charge in [-0.15, -0.1) is 13.2 Å². The SMILES string of the molecule is N#CC1CCN(C(=O)c2ccc(OC(F)(F)F)cc2)CC1. The molecule has 1 aliphatic rings. The van der Waals surface area contributed by atoms with E-state index in [9.17, 15) is 18.0 Å². The number of nitrogens with zero attached hydrogens (tertiary/aromatic N) is 2. The molecule has 0 saturated carbocycles. The van der Waals surface area contributed by atoms with Gasteiger partial charge in [-0.1, -0.05) is 0 Å². The third-order valence-electron chi connectivity index (χ3n) is 3.30. The van der Waals surface area contributed by atoms with Gasteiger partial charge in [-0.05, 0) is 37.1 Å². The Morgan fingerprint density at radius 2 is 1.81 bits per heavy atom. The lowest BCUT2D eigenvalue weighted by Crippen LogP contribution is -2.38. The molecule has 1 aromatic rings.